The van der Waals surface area contributed by atoms with Gasteiger partial charge >= 0.3 is 60.6 Å². The van der Waals surface area contributed by atoms with Crippen LogP contribution in [0.2, 0.25) is 0 Å². The number of aliphatic hydroxyl groups is 1. The molecular weight excluding hydrogens is 342 g/mol. The molecule has 0 aromatic heterocycles. The van der Waals surface area contributed by atoms with Gasteiger partial charge in [-0.15, -0.1) is 0 Å². The van der Waals surface area contributed by atoms with Gasteiger partial charge in [-0.05, 0) is 0 Å². The van der Waals surface area contributed by atoms with Crippen molar-refractivity contribution in [1.82, 2.24) is 0 Å². The smallest absolute Gasteiger partial charge is 0.161 e. The fourth-order valence-corrected chi connectivity index (χ4v) is 1.29. The van der Waals surface area contributed by atoms with E-state index in [0.717, 1.165) is 0 Å². The molecule has 0 bridgehead atoms. The molecule has 0 radical (unpaired) electrons. The monoisotopic (exact) mass is 352 g/mol. The van der Waals surface area contributed by atoms with Crippen LogP contribution in [0, 0.1) is 49.7 Å². The molecular formula is C6H11CeClNO5-2. The van der Waals surface area contributed by atoms with Crippen LogP contribution >= 0.6 is 5.63 Å². The van der Waals surface area contributed by atoms with E-state index in [1.165, 1.54) is 0 Å². The zero-order valence-electron chi connectivity index (χ0n) is 7.31. The van der Waals surface area contributed by atoms with Crippen LogP contribution in [0.4, 0.5) is 0 Å². The first-order valence-corrected chi connectivity index (χ1v) is 8.45. The largest absolute Gasteiger partial charge is 0.503 e. The van der Waals surface area contributed by atoms with Crippen molar-refractivity contribution in [3.8, 4) is 0 Å². The molecule has 0 fully saturated rings. The van der Waals surface area contributed by atoms with Gasteiger partial charge in [0, 0.05) is 0 Å². The summed E-state index contributed by atoms with van der Waals surface area (Å²) in [4.78, 5) is 17.8. The van der Waals surface area contributed by atoms with E-state index >= 15 is 0 Å². The first-order valence-electron chi connectivity index (χ1n) is 3.11. The first kappa shape index (κ1) is 19.6. The molecule has 0 aliphatic carbocycles. The normalized spacial score (nSPS) is 7.29. The number of hydrogen-bond acceptors (Lipinski definition) is 4. The summed E-state index contributed by atoms with van der Waals surface area (Å²) in [6.07, 6.45) is 0. The van der Waals surface area contributed by atoms with Crippen molar-refractivity contribution < 1.29 is 60.8 Å². The van der Waals surface area contributed by atoms with Crippen LogP contribution in [0.3, 0.4) is 0 Å². The molecule has 3 N–H and O–H groups in total. The van der Waals surface area contributed by atoms with Crippen molar-refractivity contribution >= 4 is 17.6 Å². The molecule has 0 aromatic carbocycles. The average Bonchev–Trinajstić information content (AvgIpc) is 1.98. The second kappa shape index (κ2) is 18.8. The van der Waals surface area contributed by atoms with E-state index in [1.54, 1.807) is 0 Å². The van der Waals surface area contributed by atoms with Gasteiger partial charge in [0.15, 0.2) is 11.9 Å². The van der Waals surface area contributed by atoms with Crippen molar-refractivity contribution in [3.63, 3.8) is 0 Å². The predicted octanol–water partition coefficient (Wildman–Crippen LogP) is 0.211. The summed E-state index contributed by atoms with van der Waals surface area (Å²) in [5.41, 5.74) is 5.30. The molecule has 0 amide bonds. The molecule has 0 heterocycles. The third-order valence-corrected chi connectivity index (χ3v) is 2.22. The Kier molecular flexibility index (Phi) is 26.4. The van der Waals surface area contributed by atoms with E-state index in [1.807, 2.05) is 0 Å². The SMILES string of the molecule is OCC[N]=[Ce][Cl].[CH2-]C(=O)O.[CH2-]C(=O)O. The number of hydrogen-bond donors (Lipinski definition) is 3. The number of halogens is 1. The molecule has 0 aliphatic heterocycles. The van der Waals surface area contributed by atoms with Gasteiger partial charge in [-0.3, -0.25) is 23.4 Å². The van der Waals surface area contributed by atoms with Crippen LogP contribution in [-0.4, -0.2) is 40.4 Å². The molecule has 14 heavy (non-hydrogen) atoms. The van der Waals surface area contributed by atoms with E-state index < -0.39 is 47.8 Å². The van der Waals surface area contributed by atoms with E-state index in [0.29, 0.717) is 6.54 Å². The standard InChI is InChI=1S/C2H5NO.2C2H3O2.Ce.ClH/c3-1-2-4;2*1-2(3)4;;/h4H,1-2H2;2*1H2,(H,3,4);;1H/q;2*-1;+1;/p-1. The minimum Gasteiger partial charge on any atom is -0.503 e. The maximum Gasteiger partial charge on any atom is 0.161 e. The molecule has 0 rings (SSSR count). The van der Waals surface area contributed by atoms with E-state index in [-0.39, 0.29) is 6.61 Å². The second-order valence-electron chi connectivity index (χ2n) is 1.48. The molecule has 83 valence electrons. The number of carboxylic acid groups (broad SMARTS) is 2. The van der Waals surface area contributed by atoms with Gasteiger partial charge in [-0.1, -0.05) is 0 Å². The number of carbonyl (C=O) groups is 2. The molecule has 0 saturated carbocycles. The van der Waals surface area contributed by atoms with Crippen molar-refractivity contribution in [2.75, 3.05) is 13.2 Å². The molecule has 0 saturated heterocycles. The third kappa shape index (κ3) is 155. The Morgan fingerprint density at radius 2 is 1.57 bits per heavy atom. The molecule has 0 unspecified atom stereocenters. The zero-order valence-corrected chi connectivity index (χ0v) is 11.2. The van der Waals surface area contributed by atoms with E-state index in [9.17, 15) is 0 Å². The number of aliphatic carboxylic acids is 2. The van der Waals surface area contributed by atoms with Crippen molar-refractivity contribution in [2.24, 2.45) is 0.877 Å². The summed E-state index contributed by atoms with van der Waals surface area (Å²) in [7, 11) is 0. The Morgan fingerprint density at radius 1 is 1.29 bits per heavy atom. The number of nitrogens with zero attached hydrogens (tertiary/aromatic N) is 1. The molecule has 0 aliphatic rings. The maximum absolute atomic E-state index is 8.89. The molecule has 0 spiro atoms. The summed E-state index contributed by atoms with van der Waals surface area (Å²) in [5.74, 6) is -2.17. The van der Waals surface area contributed by atoms with Crippen LogP contribution in [0.5, 0.6) is 0 Å². The van der Waals surface area contributed by atoms with Crippen LogP contribution in [0.25, 0.3) is 0 Å². The fourth-order valence-electron chi connectivity index (χ4n) is 0.0923. The van der Waals surface area contributed by atoms with Gasteiger partial charge in [0.05, 0.1) is 0 Å². The molecule has 6 nitrogen and oxygen atoms in total. The van der Waals surface area contributed by atoms with Gasteiger partial charge in [-0.25, -0.2) is 0 Å². The Hall–Kier alpha value is 0.107. The minimum atomic E-state index is -1.08. The van der Waals surface area contributed by atoms with Gasteiger partial charge in [0.2, 0.25) is 0 Å². The van der Waals surface area contributed by atoms with Gasteiger partial charge < -0.3 is 10.2 Å². The van der Waals surface area contributed by atoms with Crippen molar-refractivity contribution in [2.45, 2.75) is 0 Å². The third-order valence-electron chi connectivity index (χ3n) is 0.272. The van der Waals surface area contributed by atoms with Crippen LogP contribution in [0.15, 0.2) is 0.877 Å². The van der Waals surface area contributed by atoms with Gasteiger partial charge in [-0.2, -0.15) is 0 Å². The topological polar surface area (TPSA) is 107 Å². The van der Waals surface area contributed by atoms with Crippen LogP contribution < -0.4 is 0 Å². The first-order chi connectivity index (χ1) is 6.38. The Balaban J connectivity index is -0.000000135. The minimum absolute atomic E-state index is 0.153. The van der Waals surface area contributed by atoms with Crippen LogP contribution in [-0.2, 0) is 9.59 Å². The second-order valence-corrected chi connectivity index (χ2v) is 4.23. The van der Waals surface area contributed by atoms with Gasteiger partial charge in [0.25, 0.3) is 0 Å². The summed E-state index contributed by atoms with van der Waals surface area (Å²) in [6, 6.07) is 0. The summed E-state index contributed by atoms with van der Waals surface area (Å²) < 4.78 is 3.80. The maximum atomic E-state index is 8.89. The Morgan fingerprint density at radius 3 is 1.64 bits per heavy atom. The average molecular weight is 353 g/mol. The summed E-state index contributed by atoms with van der Waals surface area (Å²) in [6.45, 7) is 5.81. The molecule has 8 heteroatoms. The fraction of sp³-hybridized carbons (Fsp3) is 0.333. The number of aliphatic hydroxyl groups excluding tert-OH is 1. The Labute approximate surface area is 105 Å². The summed E-state index contributed by atoms with van der Waals surface area (Å²) in [5, 5.41) is 22.7. The summed E-state index contributed by atoms with van der Waals surface area (Å²) >= 11 is -1.04. The quantitative estimate of drug-likeness (QED) is 0.616. The molecule has 0 aromatic rings. The van der Waals surface area contributed by atoms with Crippen molar-refractivity contribution in [1.29, 1.82) is 0 Å². The van der Waals surface area contributed by atoms with E-state index in [4.69, 9.17) is 30.5 Å². The van der Waals surface area contributed by atoms with Crippen molar-refractivity contribution in [3.05, 3.63) is 13.8 Å². The number of rotatable bonds is 2. The Bertz CT molecular complexity index is 156. The van der Waals surface area contributed by atoms with E-state index in [2.05, 4.69) is 14.7 Å². The van der Waals surface area contributed by atoms with Gasteiger partial charge in [0.1, 0.15) is 0 Å². The predicted molar refractivity (Wildman–Crippen MR) is 46.2 cm³/mol. The zero-order chi connectivity index (χ0) is 12.0. The number of carboxylic acids is 2. The molecule has 0 atom stereocenters. The van der Waals surface area contributed by atoms with Crippen LogP contribution in [0.1, 0.15) is 0 Å².